The van der Waals surface area contributed by atoms with Crippen LogP contribution in [0.3, 0.4) is 0 Å². The highest BCUT2D eigenvalue weighted by atomic mass is 35.5. The molecule has 2 amide bonds. The molecule has 7 heteroatoms. The lowest BCUT2D eigenvalue weighted by Gasteiger charge is -2.09. The van der Waals surface area contributed by atoms with Gasteiger partial charge in [-0.3, -0.25) is 9.59 Å². The molecule has 0 fully saturated rings. The molecule has 5 nitrogen and oxygen atoms in total. The number of hydrogen-bond donors (Lipinski definition) is 3. The minimum atomic E-state index is -0.437. The highest BCUT2D eigenvalue weighted by Crippen LogP contribution is 2.28. The molecule has 0 unspecified atom stereocenters. The summed E-state index contributed by atoms with van der Waals surface area (Å²) < 4.78 is 0. The van der Waals surface area contributed by atoms with Crippen molar-refractivity contribution in [1.29, 1.82) is 0 Å². The summed E-state index contributed by atoms with van der Waals surface area (Å²) in [5, 5.41) is 5.58. The summed E-state index contributed by atoms with van der Waals surface area (Å²) in [5.41, 5.74) is 6.06. The Hall–Kier alpha value is -1.46. The van der Waals surface area contributed by atoms with Gasteiger partial charge in [-0.1, -0.05) is 37.0 Å². The van der Waals surface area contributed by atoms with Gasteiger partial charge in [0.25, 0.3) is 5.91 Å². The molecule has 110 valence electrons. The molecular formula is C13H17Cl2N3O2. The first kappa shape index (κ1) is 16.6. The minimum absolute atomic E-state index is 0.106. The summed E-state index contributed by atoms with van der Waals surface area (Å²) in [7, 11) is 0. The van der Waals surface area contributed by atoms with Gasteiger partial charge in [-0.25, -0.2) is 0 Å². The van der Waals surface area contributed by atoms with Crippen LogP contribution in [0.4, 0.5) is 5.69 Å². The van der Waals surface area contributed by atoms with Gasteiger partial charge in [0.2, 0.25) is 5.91 Å². The number of anilines is 1. The molecule has 1 aromatic rings. The summed E-state index contributed by atoms with van der Waals surface area (Å²) >= 11 is 11.7. The second kappa shape index (κ2) is 7.36. The third-order valence-corrected chi connectivity index (χ3v) is 3.08. The molecule has 20 heavy (non-hydrogen) atoms. The Morgan fingerprint density at radius 2 is 1.75 bits per heavy atom. The molecule has 1 rings (SSSR count). The van der Waals surface area contributed by atoms with Crippen molar-refractivity contribution >= 4 is 40.7 Å². The number of hydrogen-bond acceptors (Lipinski definition) is 3. The predicted octanol–water partition coefficient (Wildman–Crippen LogP) is 2.08. The third-order valence-electron chi connectivity index (χ3n) is 2.46. The van der Waals surface area contributed by atoms with E-state index in [0.717, 1.165) is 0 Å². The van der Waals surface area contributed by atoms with E-state index in [9.17, 15) is 9.59 Å². The predicted molar refractivity (Wildman–Crippen MR) is 81.1 cm³/mol. The molecule has 0 radical (unpaired) electrons. The number of benzene rings is 1. The van der Waals surface area contributed by atoms with Crippen LogP contribution in [-0.4, -0.2) is 24.9 Å². The van der Waals surface area contributed by atoms with Gasteiger partial charge in [-0.2, -0.15) is 0 Å². The zero-order valence-electron chi connectivity index (χ0n) is 11.3. The highest BCUT2D eigenvalue weighted by Gasteiger charge is 2.12. The van der Waals surface area contributed by atoms with Gasteiger partial charge in [0.15, 0.2) is 0 Å². The fourth-order valence-electron chi connectivity index (χ4n) is 1.36. The molecule has 0 atom stereocenters. The van der Waals surface area contributed by atoms with Crippen molar-refractivity contribution in [3.8, 4) is 0 Å². The Balaban J connectivity index is 2.57. The van der Waals surface area contributed by atoms with Crippen LogP contribution >= 0.6 is 23.2 Å². The van der Waals surface area contributed by atoms with Crippen molar-refractivity contribution in [3.05, 3.63) is 27.7 Å². The Kier molecular flexibility index (Phi) is 6.10. The van der Waals surface area contributed by atoms with E-state index in [0.29, 0.717) is 12.5 Å². The summed E-state index contributed by atoms with van der Waals surface area (Å²) in [6.45, 7) is 4.42. The van der Waals surface area contributed by atoms with Crippen LogP contribution in [0.2, 0.25) is 10.0 Å². The van der Waals surface area contributed by atoms with Crippen LogP contribution < -0.4 is 16.4 Å². The number of rotatable bonds is 5. The molecule has 0 bridgehead atoms. The van der Waals surface area contributed by atoms with Crippen LogP contribution in [0.5, 0.6) is 0 Å². The lowest BCUT2D eigenvalue weighted by atomic mass is 10.2. The minimum Gasteiger partial charge on any atom is -0.396 e. The average molecular weight is 318 g/mol. The molecule has 0 aromatic heterocycles. The lowest BCUT2D eigenvalue weighted by molar-refractivity contribution is -0.120. The molecule has 0 aliphatic rings. The van der Waals surface area contributed by atoms with Crippen molar-refractivity contribution in [2.75, 3.05) is 18.8 Å². The van der Waals surface area contributed by atoms with Crippen LogP contribution in [-0.2, 0) is 4.79 Å². The molecular weight excluding hydrogens is 301 g/mol. The standard InChI is InChI=1S/C13H17Cl2N3O2/c1-7(2)5-17-11(19)6-18-13(20)8-3-9(14)12(16)10(15)4-8/h3-4,7H,5-6,16H2,1-2H3,(H,17,19)(H,18,20). The van der Waals surface area contributed by atoms with Gasteiger partial charge >= 0.3 is 0 Å². The van der Waals surface area contributed by atoms with Gasteiger partial charge in [-0.15, -0.1) is 0 Å². The van der Waals surface area contributed by atoms with Crippen LogP contribution in [0.15, 0.2) is 12.1 Å². The van der Waals surface area contributed by atoms with Crippen molar-refractivity contribution in [1.82, 2.24) is 10.6 Å². The lowest BCUT2D eigenvalue weighted by Crippen LogP contribution is -2.38. The van der Waals surface area contributed by atoms with Crippen LogP contribution in [0, 0.1) is 5.92 Å². The summed E-state index contributed by atoms with van der Waals surface area (Å²) in [6.07, 6.45) is 0. The van der Waals surface area contributed by atoms with Crippen LogP contribution in [0.25, 0.3) is 0 Å². The summed E-state index contributed by atoms with van der Waals surface area (Å²) in [4.78, 5) is 23.3. The number of nitrogens with one attached hydrogen (secondary N) is 2. The van der Waals surface area contributed by atoms with Crippen molar-refractivity contribution < 1.29 is 9.59 Å². The number of nitrogen functional groups attached to an aromatic ring is 1. The molecule has 1 aromatic carbocycles. The number of amides is 2. The zero-order valence-corrected chi connectivity index (χ0v) is 12.8. The SMILES string of the molecule is CC(C)CNC(=O)CNC(=O)c1cc(Cl)c(N)c(Cl)c1. The van der Waals surface area contributed by atoms with E-state index in [1.165, 1.54) is 12.1 Å². The van der Waals surface area contributed by atoms with Crippen molar-refractivity contribution in [2.24, 2.45) is 5.92 Å². The molecule has 0 aliphatic carbocycles. The van der Waals surface area contributed by atoms with E-state index in [1.54, 1.807) is 0 Å². The maximum Gasteiger partial charge on any atom is 0.251 e. The molecule has 4 N–H and O–H groups in total. The van der Waals surface area contributed by atoms with E-state index in [-0.39, 0.29) is 33.7 Å². The van der Waals surface area contributed by atoms with Crippen molar-refractivity contribution in [2.45, 2.75) is 13.8 Å². The number of carbonyl (C=O) groups excluding carboxylic acids is 2. The maximum absolute atomic E-state index is 11.9. The first-order chi connectivity index (χ1) is 9.31. The Morgan fingerprint density at radius 3 is 2.25 bits per heavy atom. The fraction of sp³-hybridized carbons (Fsp3) is 0.385. The van der Waals surface area contributed by atoms with E-state index in [1.807, 2.05) is 13.8 Å². The molecule has 0 saturated carbocycles. The van der Waals surface area contributed by atoms with Crippen LogP contribution in [0.1, 0.15) is 24.2 Å². The zero-order chi connectivity index (χ0) is 15.3. The largest absolute Gasteiger partial charge is 0.396 e. The first-order valence-electron chi connectivity index (χ1n) is 6.10. The van der Waals surface area contributed by atoms with E-state index < -0.39 is 5.91 Å². The van der Waals surface area contributed by atoms with E-state index >= 15 is 0 Å². The van der Waals surface area contributed by atoms with E-state index in [4.69, 9.17) is 28.9 Å². The molecule has 0 saturated heterocycles. The van der Waals surface area contributed by atoms with E-state index in [2.05, 4.69) is 10.6 Å². The number of carbonyl (C=O) groups is 2. The van der Waals surface area contributed by atoms with Gasteiger partial charge < -0.3 is 16.4 Å². The number of nitrogens with two attached hydrogens (primary N) is 1. The quantitative estimate of drug-likeness (QED) is 0.727. The maximum atomic E-state index is 11.9. The second-order valence-corrected chi connectivity index (χ2v) is 5.55. The molecule has 0 heterocycles. The Morgan fingerprint density at radius 1 is 1.20 bits per heavy atom. The highest BCUT2D eigenvalue weighted by molar-refractivity contribution is 6.39. The molecule has 0 aliphatic heterocycles. The first-order valence-corrected chi connectivity index (χ1v) is 6.86. The monoisotopic (exact) mass is 317 g/mol. The topological polar surface area (TPSA) is 84.2 Å². The van der Waals surface area contributed by atoms with Gasteiger partial charge in [0.1, 0.15) is 0 Å². The number of halogens is 2. The van der Waals surface area contributed by atoms with Crippen molar-refractivity contribution in [3.63, 3.8) is 0 Å². The Labute approximate surface area is 127 Å². The fourth-order valence-corrected chi connectivity index (χ4v) is 1.85. The summed E-state index contributed by atoms with van der Waals surface area (Å²) in [6, 6.07) is 2.81. The third kappa shape index (κ3) is 4.90. The summed E-state index contributed by atoms with van der Waals surface area (Å²) in [5.74, 6) is -0.336. The average Bonchev–Trinajstić information content (AvgIpc) is 2.39. The van der Waals surface area contributed by atoms with Gasteiger partial charge in [-0.05, 0) is 18.1 Å². The van der Waals surface area contributed by atoms with Gasteiger partial charge in [0, 0.05) is 12.1 Å². The van der Waals surface area contributed by atoms with Gasteiger partial charge in [0.05, 0.1) is 22.3 Å². The molecule has 0 spiro atoms. The Bertz CT molecular complexity index is 495. The second-order valence-electron chi connectivity index (χ2n) is 4.73. The normalized spacial score (nSPS) is 10.4. The smallest absolute Gasteiger partial charge is 0.251 e.